The lowest BCUT2D eigenvalue weighted by atomic mass is 9.72. The Hall–Kier alpha value is -1.76. The molecule has 2 rings (SSSR count). The molecule has 0 radical (unpaired) electrons. The number of nitrogens with one attached hydrogen (secondary N) is 1. The number of halogens is 3. The minimum Gasteiger partial charge on any atom is -0.465 e. The molecule has 4 nitrogen and oxygen atoms in total. The second kappa shape index (κ2) is 7.47. The average Bonchev–Trinajstić information content (AvgIpc) is 2.53. The van der Waals surface area contributed by atoms with Crippen molar-refractivity contribution in [2.75, 3.05) is 26.2 Å². The average molecular weight is 372 g/mol. The molecule has 7 heteroatoms. The van der Waals surface area contributed by atoms with Gasteiger partial charge in [-0.3, -0.25) is 0 Å². The summed E-state index contributed by atoms with van der Waals surface area (Å²) >= 11 is 0. The van der Waals surface area contributed by atoms with E-state index in [2.05, 4.69) is 5.32 Å². The molecule has 1 heterocycles. The highest BCUT2D eigenvalue weighted by Crippen LogP contribution is 2.38. The maximum absolute atomic E-state index is 13.2. The number of rotatable bonds is 4. The Morgan fingerprint density at radius 2 is 1.85 bits per heavy atom. The van der Waals surface area contributed by atoms with Gasteiger partial charge in [0.1, 0.15) is 0 Å². The molecule has 0 bridgehead atoms. The van der Waals surface area contributed by atoms with Crippen LogP contribution in [0.2, 0.25) is 0 Å². The maximum atomic E-state index is 13.2. The van der Waals surface area contributed by atoms with Crippen LogP contribution in [0.25, 0.3) is 0 Å². The van der Waals surface area contributed by atoms with Gasteiger partial charge >= 0.3 is 12.3 Å². The predicted molar refractivity (Wildman–Crippen MR) is 94.3 cm³/mol. The molecular formula is C19H27F3N2O2. The fourth-order valence-corrected chi connectivity index (χ4v) is 3.60. The highest BCUT2D eigenvalue weighted by molar-refractivity contribution is 5.65. The minimum absolute atomic E-state index is 0.197. The van der Waals surface area contributed by atoms with Crippen LogP contribution in [0.4, 0.5) is 18.0 Å². The van der Waals surface area contributed by atoms with E-state index in [4.69, 9.17) is 0 Å². The van der Waals surface area contributed by atoms with Crippen LogP contribution in [-0.2, 0) is 11.6 Å². The van der Waals surface area contributed by atoms with Crippen LogP contribution in [0.5, 0.6) is 0 Å². The molecule has 2 N–H and O–H groups in total. The number of piperidine rings is 1. The summed E-state index contributed by atoms with van der Waals surface area (Å²) < 4.78 is 39.5. The summed E-state index contributed by atoms with van der Waals surface area (Å²) in [6, 6.07) is 5.35. The maximum Gasteiger partial charge on any atom is 0.416 e. The fraction of sp³-hybridized carbons (Fsp3) is 0.632. The van der Waals surface area contributed by atoms with Gasteiger partial charge in [-0.15, -0.1) is 0 Å². The van der Waals surface area contributed by atoms with E-state index in [1.807, 2.05) is 20.8 Å². The number of benzene rings is 1. The van der Waals surface area contributed by atoms with Crippen molar-refractivity contribution in [2.45, 2.75) is 45.2 Å². The smallest absolute Gasteiger partial charge is 0.416 e. The zero-order chi connectivity index (χ0) is 19.6. The lowest BCUT2D eigenvalue weighted by molar-refractivity contribution is -0.137. The third-order valence-electron chi connectivity index (χ3n) is 4.79. The first-order valence-corrected chi connectivity index (χ1v) is 8.79. The van der Waals surface area contributed by atoms with E-state index in [9.17, 15) is 23.1 Å². The summed E-state index contributed by atoms with van der Waals surface area (Å²) in [6.07, 6.45) is -4.25. The van der Waals surface area contributed by atoms with Gasteiger partial charge in [-0.05, 0) is 43.0 Å². The van der Waals surface area contributed by atoms with Crippen molar-refractivity contribution >= 4 is 6.09 Å². The van der Waals surface area contributed by atoms with Gasteiger partial charge in [0.15, 0.2) is 0 Å². The van der Waals surface area contributed by atoms with E-state index in [-0.39, 0.29) is 12.0 Å². The van der Waals surface area contributed by atoms with Crippen LogP contribution >= 0.6 is 0 Å². The number of nitrogens with zero attached hydrogens (tertiary/aromatic N) is 1. The van der Waals surface area contributed by atoms with Crippen molar-refractivity contribution in [3.05, 3.63) is 35.4 Å². The molecule has 1 amide bonds. The van der Waals surface area contributed by atoms with Gasteiger partial charge in [-0.2, -0.15) is 13.2 Å². The molecule has 0 unspecified atom stereocenters. The number of hydrogen-bond acceptors (Lipinski definition) is 2. The normalized spacial score (nSPS) is 17.8. The van der Waals surface area contributed by atoms with Gasteiger partial charge in [0, 0.05) is 18.5 Å². The van der Waals surface area contributed by atoms with Crippen LogP contribution < -0.4 is 5.32 Å². The van der Waals surface area contributed by atoms with E-state index in [1.54, 1.807) is 6.07 Å². The third kappa shape index (κ3) is 5.13. The monoisotopic (exact) mass is 372 g/mol. The molecule has 146 valence electrons. The Bertz CT molecular complexity index is 632. The zero-order valence-corrected chi connectivity index (χ0v) is 15.5. The topological polar surface area (TPSA) is 52.6 Å². The highest BCUT2D eigenvalue weighted by Gasteiger charge is 2.39. The number of amides is 1. The Labute approximate surface area is 152 Å². The SMILES string of the molecule is CC(C)(C)CN(CC1(c2cccc(C(F)(F)F)c2)CCNCC1)C(=O)O. The number of alkyl halides is 3. The Morgan fingerprint density at radius 3 is 2.35 bits per heavy atom. The van der Waals surface area contributed by atoms with E-state index in [1.165, 1.54) is 17.0 Å². The van der Waals surface area contributed by atoms with E-state index < -0.39 is 23.2 Å². The molecule has 26 heavy (non-hydrogen) atoms. The summed E-state index contributed by atoms with van der Waals surface area (Å²) in [5.41, 5.74) is -0.976. The third-order valence-corrected chi connectivity index (χ3v) is 4.79. The Morgan fingerprint density at radius 1 is 1.23 bits per heavy atom. The van der Waals surface area contributed by atoms with Crippen molar-refractivity contribution in [3.63, 3.8) is 0 Å². The lowest BCUT2D eigenvalue weighted by Gasteiger charge is -2.42. The summed E-state index contributed by atoms with van der Waals surface area (Å²) in [6.45, 7) is 7.67. The predicted octanol–water partition coefficient (Wildman–Crippen LogP) is 4.35. The van der Waals surface area contributed by atoms with E-state index >= 15 is 0 Å². The summed E-state index contributed by atoms with van der Waals surface area (Å²) in [7, 11) is 0. The Balaban J connectivity index is 2.40. The quantitative estimate of drug-likeness (QED) is 0.826. The van der Waals surface area contributed by atoms with Gasteiger partial charge in [0.25, 0.3) is 0 Å². The first-order valence-electron chi connectivity index (χ1n) is 8.79. The van der Waals surface area contributed by atoms with E-state index in [0.717, 1.165) is 6.07 Å². The van der Waals surface area contributed by atoms with Gasteiger partial charge in [0.2, 0.25) is 0 Å². The van der Waals surface area contributed by atoms with Crippen LogP contribution in [-0.4, -0.2) is 42.3 Å². The number of hydrogen-bond donors (Lipinski definition) is 2. The van der Waals surface area contributed by atoms with Crippen LogP contribution in [0.1, 0.15) is 44.7 Å². The second-order valence-corrected chi connectivity index (χ2v) is 8.31. The molecular weight excluding hydrogens is 345 g/mol. The lowest BCUT2D eigenvalue weighted by Crippen LogP contribution is -2.50. The first kappa shape index (κ1) is 20.6. The molecule has 1 aliphatic rings. The molecule has 0 saturated carbocycles. The fourth-order valence-electron chi connectivity index (χ4n) is 3.60. The van der Waals surface area contributed by atoms with Gasteiger partial charge in [-0.1, -0.05) is 39.0 Å². The van der Waals surface area contributed by atoms with Crippen molar-refractivity contribution in [1.29, 1.82) is 0 Å². The molecule has 0 atom stereocenters. The van der Waals surface area contributed by atoms with E-state index in [0.29, 0.717) is 38.0 Å². The molecule has 0 aliphatic carbocycles. The molecule has 1 aromatic rings. The van der Waals surface area contributed by atoms with Crippen molar-refractivity contribution in [3.8, 4) is 0 Å². The standard InChI is InChI=1S/C19H27F3N2O2/c1-17(2,3)12-24(16(25)26)13-18(7-9-23-10-8-18)14-5-4-6-15(11-14)19(20,21)22/h4-6,11,23H,7-10,12-13H2,1-3H3,(H,25,26). The molecule has 0 aromatic heterocycles. The van der Waals surface area contributed by atoms with Crippen molar-refractivity contribution < 1.29 is 23.1 Å². The second-order valence-electron chi connectivity index (χ2n) is 8.31. The summed E-state index contributed by atoms with van der Waals surface area (Å²) in [4.78, 5) is 13.1. The van der Waals surface area contributed by atoms with Crippen LogP contribution in [0, 0.1) is 5.41 Å². The minimum atomic E-state index is -4.41. The number of carbonyl (C=O) groups is 1. The van der Waals surface area contributed by atoms with Gasteiger partial charge in [-0.25, -0.2) is 4.79 Å². The highest BCUT2D eigenvalue weighted by atomic mass is 19.4. The summed E-state index contributed by atoms with van der Waals surface area (Å²) in [5, 5.41) is 12.9. The molecule has 1 aromatic carbocycles. The molecule has 1 saturated heterocycles. The van der Waals surface area contributed by atoms with Crippen molar-refractivity contribution in [2.24, 2.45) is 5.41 Å². The molecule has 0 spiro atoms. The summed E-state index contributed by atoms with van der Waals surface area (Å²) in [5.74, 6) is 0. The Kier molecular flexibility index (Phi) is 5.90. The van der Waals surface area contributed by atoms with Gasteiger partial charge in [0.05, 0.1) is 5.56 Å². The molecule has 1 fully saturated rings. The van der Waals surface area contributed by atoms with Crippen LogP contribution in [0.3, 0.4) is 0 Å². The van der Waals surface area contributed by atoms with Crippen molar-refractivity contribution in [1.82, 2.24) is 10.2 Å². The van der Waals surface area contributed by atoms with Gasteiger partial charge < -0.3 is 15.3 Å². The largest absolute Gasteiger partial charge is 0.465 e. The van der Waals surface area contributed by atoms with Crippen LogP contribution in [0.15, 0.2) is 24.3 Å². The first-order chi connectivity index (χ1) is 11.9. The number of carboxylic acid groups (broad SMARTS) is 1. The molecule has 1 aliphatic heterocycles. The zero-order valence-electron chi connectivity index (χ0n) is 15.5.